The first-order valence-corrected chi connectivity index (χ1v) is 13.7. The van der Waals surface area contributed by atoms with Crippen molar-refractivity contribution in [3.63, 3.8) is 0 Å². The summed E-state index contributed by atoms with van der Waals surface area (Å²) in [5.74, 6) is 0. The second-order valence-electron chi connectivity index (χ2n) is 10.2. The molecule has 0 spiro atoms. The van der Waals surface area contributed by atoms with Crippen molar-refractivity contribution in [2.45, 2.75) is 57.0 Å². The fourth-order valence-corrected chi connectivity index (χ4v) is 5.31. The van der Waals surface area contributed by atoms with Crippen LogP contribution in [-0.2, 0) is 22.6 Å². The van der Waals surface area contributed by atoms with E-state index in [1.807, 2.05) is 78.9 Å². The average molecular weight is 532 g/mol. The topological polar surface area (TPSA) is 103 Å². The van der Waals surface area contributed by atoms with Gasteiger partial charge in [-0.25, -0.2) is 4.79 Å². The van der Waals surface area contributed by atoms with Crippen molar-refractivity contribution < 1.29 is 24.5 Å². The highest BCUT2D eigenvalue weighted by atomic mass is 16.7. The number of carbonyl (C=O) groups is 1. The highest BCUT2D eigenvalue weighted by Crippen LogP contribution is 2.39. The van der Waals surface area contributed by atoms with Crippen LogP contribution in [0.2, 0.25) is 0 Å². The van der Waals surface area contributed by atoms with Crippen molar-refractivity contribution in [3.05, 3.63) is 101 Å². The molecular formula is C31H37N3O5. The molecule has 0 saturated carbocycles. The Bertz CT molecular complexity index is 1190. The minimum absolute atomic E-state index is 0.00232. The maximum atomic E-state index is 12.4. The number of nitrogens with zero attached hydrogens (tertiary/aromatic N) is 1. The highest BCUT2D eigenvalue weighted by molar-refractivity contribution is 5.89. The van der Waals surface area contributed by atoms with Gasteiger partial charge in [-0.2, -0.15) is 0 Å². The number of anilines is 1. The second-order valence-corrected chi connectivity index (χ2v) is 10.2. The molecule has 4 atom stereocenters. The molecule has 0 unspecified atom stereocenters. The number of urea groups is 1. The number of hydrogen-bond donors (Lipinski definition) is 4. The van der Waals surface area contributed by atoms with E-state index in [9.17, 15) is 15.0 Å². The molecular weight excluding hydrogens is 494 g/mol. The number of aliphatic hydroxyl groups excluding tert-OH is 2. The molecule has 0 bridgehead atoms. The van der Waals surface area contributed by atoms with Gasteiger partial charge in [0.25, 0.3) is 0 Å². The van der Waals surface area contributed by atoms with Crippen molar-refractivity contribution in [3.8, 4) is 0 Å². The molecule has 2 fully saturated rings. The van der Waals surface area contributed by atoms with E-state index in [4.69, 9.17) is 9.47 Å². The molecule has 2 aliphatic heterocycles. The lowest BCUT2D eigenvalue weighted by Crippen LogP contribution is -2.42. The predicted octanol–water partition coefficient (Wildman–Crippen LogP) is 4.50. The first-order valence-electron chi connectivity index (χ1n) is 13.7. The second kappa shape index (κ2) is 13.2. The van der Waals surface area contributed by atoms with Gasteiger partial charge in [-0.3, -0.25) is 4.90 Å². The molecule has 4 N–H and O–H groups in total. The zero-order valence-corrected chi connectivity index (χ0v) is 22.0. The first-order chi connectivity index (χ1) is 19.1. The summed E-state index contributed by atoms with van der Waals surface area (Å²) >= 11 is 0. The van der Waals surface area contributed by atoms with Crippen LogP contribution in [0.4, 0.5) is 10.5 Å². The van der Waals surface area contributed by atoms with Gasteiger partial charge in [-0.05, 0) is 48.2 Å². The maximum absolute atomic E-state index is 12.4. The van der Waals surface area contributed by atoms with Crippen molar-refractivity contribution in [1.29, 1.82) is 0 Å². The SMILES string of the molecule is O=C(NCc1ccccc1)Nc1ccc([C@H]2O[C@@H](CN3CCC[C@H]3CO)C[C@@H](c3ccc(CO)cc3)O2)cc1. The van der Waals surface area contributed by atoms with Gasteiger partial charge in [0.1, 0.15) is 0 Å². The van der Waals surface area contributed by atoms with E-state index >= 15 is 0 Å². The van der Waals surface area contributed by atoms with Crippen LogP contribution in [0.25, 0.3) is 0 Å². The quantitative estimate of drug-likeness (QED) is 0.324. The Hall–Kier alpha value is -3.27. The Labute approximate surface area is 229 Å². The Morgan fingerprint density at radius 3 is 2.36 bits per heavy atom. The van der Waals surface area contributed by atoms with Crippen LogP contribution in [0.3, 0.4) is 0 Å². The number of amides is 2. The number of hydrogen-bond acceptors (Lipinski definition) is 6. The summed E-state index contributed by atoms with van der Waals surface area (Å²) in [6.45, 7) is 2.30. The van der Waals surface area contributed by atoms with E-state index in [0.29, 0.717) is 18.7 Å². The fraction of sp³-hybridized carbons (Fsp3) is 0.387. The highest BCUT2D eigenvalue weighted by Gasteiger charge is 2.35. The molecule has 0 aliphatic carbocycles. The summed E-state index contributed by atoms with van der Waals surface area (Å²) in [6.07, 6.45) is 1.98. The fourth-order valence-electron chi connectivity index (χ4n) is 5.31. The molecule has 2 amide bonds. The van der Waals surface area contributed by atoms with Gasteiger partial charge in [-0.15, -0.1) is 0 Å². The third-order valence-electron chi connectivity index (χ3n) is 7.50. The summed E-state index contributed by atoms with van der Waals surface area (Å²) in [7, 11) is 0. The molecule has 3 aromatic rings. The Morgan fingerprint density at radius 1 is 0.897 bits per heavy atom. The van der Waals surface area contributed by atoms with E-state index in [1.165, 1.54) is 0 Å². The molecule has 2 aliphatic rings. The van der Waals surface area contributed by atoms with Crippen LogP contribution >= 0.6 is 0 Å². The van der Waals surface area contributed by atoms with Gasteiger partial charge in [0, 0.05) is 36.8 Å². The molecule has 8 heteroatoms. The summed E-state index contributed by atoms with van der Waals surface area (Å²) in [5, 5.41) is 25.0. The minimum Gasteiger partial charge on any atom is -0.395 e. The molecule has 3 aromatic carbocycles. The van der Waals surface area contributed by atoms with Crippen LogP contribution in [0, 0.1) is 0 Å². The third-order valence-corrected chi connectivity index (χ3v) is 7.50. The van der Waals surface area contributed by atoms with Crippen molar-refractivity contribution in [2.24, 2.45) is 0 Å². The Balaban J connectivity index is 1.25. The van der Waals surface area contributed by atoms with E-state index in [2.05, 4.69) is 15.5 Å². The lowest BCUT2D eigenvalue weighted by molar-refractivity contribution is -0.253. The number of ether oxygens (including phenoxy) is 2. The standard InChI is InChI=1S/C31H37N3O5/c35-20-23-8-10-24(11-9-23)29-17-28(19-34-16-4-7-27(34)21-36)38-30(39-29)25-12-14-26(15-13-25)33-31(37)32-18-22-5-2-1-3-6-22/h1-3,5-6,8-15,27-30,35-36H,4,7,16-21H2,(H2,32,33,37)/t27-,28+,29-,30-/m0/s1. The molecule has 0 aromatic heterocycles. The van der Waals surface area contributed by atoms with Gasteiger partial charge in [-0.1, -0.05) is 66.7 Å². The number of likely N-dealkylation sites (tertiary alicyclic amines) is 1. The summed E-state index contributed by atoms with van der Waals surface area (Å²) in [5.41, 5.74) is 4.48. The Kier molecular flexibility index (Phi) is 9.23. The van der Waals surface area contributed by atoms with Crippen molar-refractivity contribution in [2.75, 3.05) is 25.0 Å². The molecule has 0 radical (unpaired) electrons. The molecule has 5 rings (SSSR count). The summed E-state index contributed by atoms with van der Waals surface area (Å²) in [4.78, 5) is 14.7. The predicted molar refractivity (Wildman–Crippen MR) is 149 cm³/mol. The monoisotopic (exact) mass is 531 g/mol. The van der Waals surface area contributed by atoms with Gasteiger partial charge in [0.2, 0.25) is 0 Å². The molecule has 8 nitrogen and oxygen atoms in total. The molecule has 39 heavy (non-hydrogen) atoms. The molecule has 206 valence electrons. The largest absolute Gasteiger partial charge is 0.395 e. The number of carbonyl (C=O) groups excluding carboxylic acids is 1. The number of benzene rings is 3. The van der Waals surface area contributed by atoms with Gasteiger partial charge in [0.05, 0.1) is 25.4 Å². The normalized spacial score (nSPS) is 23.4. The van der Waals surface area contributed by atoms with Crippen LogP contribution < -0.4 is 10.6 Å². The number of nitrogens with one attached hydrogen (secondary N) is 2. The lowest BCUT2D eigenvalue weighted by Gasteiger charge is -2.38. The van der Waals surface area contributed by atoms with Gasteiger partial charge < -0.3 is 30.3 Å². The van der Waals surface area contributed by atoms with E-state index < -0.39 is 6.29 Å². The zero-order valence-electron chi connectivity index (χ0n) is 22.0. The van der Waals surface area contributed by atoms with Gasteiger partial charge >= 0.3 is 6.03 Å². The Morgan fingerprint density at radius 2 is 1.64 bits per heavy atom. The molecule has 2 saturated heterocycles. The van der Waals surface area contributed by atoms with Crippen LogP contribution in [0.15, 0.2) is 78.9 Å². The number of aliphatic hydroxyl groups is 2. The molecule has 2 heterocycles. The van der Waals surface area contributed by atoms with E-state index in [-0.39, 0.29) is 37.5 Å². The van der Waals surface area contributed by atoms with Gasteiger partial charge in [0.15, 0.2) is 6.29 Å². The first kappa shape index (κ1) is 27.3. The van der Waals surface area contributed by atoms with Crippen molar-refractivity contribution >= 4 is 11.7 Å². The van der Waals surface area contributed by atoms with E-state index in [1.54, 1.807) is 0 Å². The zero-order chi connectivity index (χ0) is 27.0. The third kappa shape index (κ3) is 7.23. The smallest absolute Gasteiger partial charge is 0.319 e. The van der Waals surface area contributed by atoms with Crippen molar-refractivity contribution in [1.82, 2.24) is 10.2 Å². The lowest BCUT2D eigenvalue weighted by atomic mass is 9.99. The van der Waals surface area contributed by atoms with Crippen LogP contribution in [0.1, 0.15) is 53.9 Å². The summed E-state index contributed by atoms with van der Waals surface area (Å²) in [6, 6.07) is 25.0. The minimum atomic E-state index is -0.567. The average Bonchev–Trinajstić information content (AvgIpc) is 3.44. The van der Waals surface area contributed by atoms with Crippen LogP contribution in [-0.4, -0.2) is 53.0 Å². The van der Waals surface area contributed by atoms with Crippen LogP contribution in [0.5, 0.6) is 0 Å². The summed E-state index contributed by atoms with van der Waals surface area (Å²) < 4.78 is 12.9. The maximum Gasteiger partial charge on any atom is 0.319 e. The number of rotatable bonds is 9. The van der Waals surface area contributed by atoms with E-state index in [0.717, 1.165) is 48.2 Å².